The summed E-state index contributed by atoms with van der Waals surface area (Å²) in [4.78, 5) is 0. The second kappa shape index (κ2) is 3.24. The van der Waals surface area contributed by atoms with E-state index in [2.05, 4.69) is 5.32 Å². The van der Waals surface area contributed by atoms with Crippen LogP contribution < -0.4 is 5.32 Å². The van der Waals surface area contributed by atoms with E-state index in [0.29, 0.717) is 5.56 Å². The van der Waals surface area contributed by atoms with E-state index in [9.17, 15) is 4.39 Å². The number of phenolic OH excluding ortho intramolecular Hbond substituents is 1. The maximum absolute atomic E-state index is 14.3. The molecule has 2 atom stereocenters. The molecule has 2 rings (SSSR count). The van der Waals surface area contributed by atoms with E-state index in [4.69, 9.17) is 5.11 Å². The number of rotatable bonds is 2. The monoisotopic (exact) mass is 195 g/mol. The normalized spacial score (nSPS) is 25.1. The van der Waals surface area contributed by atoms with Crippen LogP contribution in [-0.4, -0.2) is 17.7 Å². The van der Waals surface area contributed by atoms with Crippen molar-refractivity contribution < 1.29 is 9.50 Å². The first kappa shape index (κ1) is 9.46. The first-order chi connectivity index (χ1) is 6.60. The zero-order valence-electron chi connectivity index (χ0n) is 8.13. The van der Waals surface area contributed by atoms with Gasteiger partial charge in [0.2, 0.25) is 0 Å². The predicted octanol–water partition coefficient (Wildman–Crippen LogP) is 1.94. The summed E-state index contributed by atoms with van der Waals surface area (Å²) >= 11 is 0. The van der Waals surface area contributed by atoms with Gasteiger partial charge in [-0.15, -0.1) is 0 Å². The molecule has 1 aliphatic rings. The molecule has 2 N–H and O–H groups in total. The fraction of sp³-hybridized carbons (Fsp3) is 0.455. The summed E-state index contributed by atoms with van der Waals surface area (Å²) in [5.74, 6) is 0.172. The molecule has 0 amide bonds. The van der Waals surface area contributed by atoms with Gasteiger partial charge in [0.05, 0.1) is 0 Å². The van der Waals surface area contributed by atoms with Crippen LogP contribution in [0.25, 0.3) is 0 Å². The van der Waals surface area contributed by atoms with E-state index < -0.39 is 5.67 Å². The Morgan fingerprint density at radius 1 is 1.43 bits per heavy atom. The molecule has 2 nitrogen and oxygen atoms in total. The van der Waals surface area contributed by atoms with Crippen LogP contribution in [0.3, 0.4) is 0 Å². The molecule has 1 aromatic carbocycles. The van der Waals surface area contributed by atoms with Crippen molar-refractivity contribution in [1.29, 1.82) is 0 Å². The highest BCUT2D eigenvalue weighted by Gasteiger charge is 2.39. The van der Waals surface area contributed by atoms with Crippen molar-refractivity contribution in [2.45, 2.75) is 25.1 Å². The Labute approximate surface area is 82.8 Å². The number of benzene rings is 1. The predicted molar refractivity (Wildman–Crippen MR) is 53.0 cm³/mol. The van der Waals surface area contributed by atoms with Crippen molar-refractivity contribution in [2.24, 2.45) is 0 Å². The number of hydrogen-bond donors (Lipinski definition) is 2. The molecule has 0 radical (unpaired) electrons. The highest BCUT2D eigenvalue weighted by Crippen LogP contribution is 2.34. The number of nitrogens with one attached hydrogen (secondary N) is 1. The molecule has 1 saturated heterocycles. The average Bonchev–Trinajstić information content (AvgIpc) is 2.00. The van der Waals surface area contributed by atoms with Crippen molar-refractivity contribution in [1.82, 2.24) is 5.32 Å². The molecule has 76 valence electrons. The molecule has 0 saturated carbocycles. The zero-order chi connectivity index (χ0) is 10.2. The Morgan fingerprint density at radius 2 is 2.00 bits per heavy atom. The molecule has 2 unspecified atom stereocenters. The summed E-state index contributed by atoms with van der Waals surface area (Å²) < 4.78 is 14.3. The zero-order valence-corrected chi connectivity index (χ0v) is 8.13. The molecule has 1 aliphatic heterocycles. The lowest BCUT2D eigenvalue weighted by molar-refractivity contribution is 0.0858. The highest BCUT2D eigenvalue weighted by molar-refractivity contribution is 5.31. The van der Waals surface area contributed by atoms with Gasteiger partial charge >= 0.3 is 0 Å². The van der Waals surface area contributed by atoms with Gasteiger partial charge in [-0.1, -0.05) is 12.1 Å². The first-order valence-corrected chi connectivity index (χ1v) is 4.82. The van der Waals surface area contributed by atoms with Crippen LogP contribution in [0.2, 0.25) is 0 Å². The van der Waals surface area contributed by atoms with Crippen LogP contribution in [0.5, 0.6) is 5.75 Å². The quantitative estimate of drug-likeness (QED) is 0.755. The second-order valence-corrected chi connectivity index (χ2v) is 3.92. The third kappa shape index (κ3) is 1.48. The van der Waals surface area contributed by atoms with Gasteiger partial charge in [0.1, 0.15) is 11.4 Å². The summed E-state index contributed by atoms with van der Waals surface area (Å²) in [5.41, 5.74) is -0.723. The van der Waals surface area contributed by atoms with Gasteiger partial charge in [-0.3, -0.25) is 0 Å². The van der Waals surface area contributed by atoms with E-state index >= 15 is 0 Å². The third-order valence-corrected chi connectivity index (χ3v) is 2.91. The molecule has 1 heterocycles. The fourth-order valence-corrected chi connectivity index (χ4v) is 1.74. The average molecular weight is 195 g/mol. The van der Waals surface area contributed by atoms with Crippen LogP contribution in [0.15, 0.2) is 24.3 Å². The SMILES string of the molecule is CC(F)(c1ccc(O)cc1)C1CCN1. The molecule has 0 aliphatic carbocycles. The Morgan fingerprint density at radius 3 is 2.43 bits per heavy atom. The van der Waals surface area contributed by atoms with Gasteiger partial charge in [0.25, 0.3) is 0 Å². The topological polar surface area (TPSA) is 32.3 Å². The molecule has 14 heavy (non-hydrogen) atoms. The molecule has 0 bridgehead atoms. The van der Waals surface area contributed by atoms with Gasteiger partial charge in [-0.2, -0.15) is 0 Å². The summed E-state index contributed by atoms with van der Waals surface area (Å²) in [6, 6.07) is 6.22. The minimum Gasteiger partial charge on any atom is -0.508 e. The van der Waals surface area contributed by atoms with E-state index in [1.165, 1.54) is 12.1 Å². The molecule has 3 heteroatoms. The summed E-state index contributed by atoms with van der Waals surface area (Å²) in [5, 5.41) is 12.2. The van der Waals surface area contributed by atoms with Crippen LogP contribution >= 0.6 is 0 Å². The van der Waals surface area contributed by atoms with Crippen LogP contribution in [0, 0.1) is 0 Å². The largest absolute Gasteiger partial charge is 0.508 e. The molecule has 1 fully saturated rings. The van der Waals surface area contributed by atoms with Gasteiger partial charge in [-0.25, -0.2) is 4.39 Å². The van der Waals surface area contributed by atoms with E-state index in [1.807, 2.05) is 0 Å². The smallest absolute Gasteiger partial charge is 0.148 e. The van der Waals surface area contributed by atoms with Crippen molar-refractivity contribution in [3.05, 3.63) is 29.8 Å². The summed E-state index contributed by atoms with van der Waals surface area (Å²) in [6.07, 6.45) is 0.869. The van der Waals surface area contributed by atoms with Gasteiger partial charge < -0.3 is 10.4 Å². The fourth-order valence-electron chi connectivity index (χ4n) is 1.74. The summed E-state index contributed by atoms with van der Waals surface area (Å²) in [7, 11) is 0. The van der Waals surface area contributed by atoms with Crippen LogP contribution in [0.4, 0.5) is 4.39 Å². The third-order valence-electron chi connectivity index (χ3n) is 2.91. The van der Waals surface area contributed by atoms with Crippen molar-refractivity contribution >= 4 is 0 Å². The molecule has 1 aromatic rings. The van der Waals surface area contributed by atoms with Crippen LogP contribution in [0.1, 0.15) is 18.9 Å². The molecular formula is C11H14FNO. The Bertz CT molecular complexity index is 317. The number of halogens is 1. The number of hydrogen-bond acceptors (Lipinski definition) is 2. The van der Waals surface area contributed by atoms with Gasteiger partial charge in [-0.05, 0) is 37.6 Å². The molecule has 0 aromatic heterocycles. The Balaban J connectivity index is 2.23. The lowest BCUT2D eigenvalue weighted by Crippen LogP contribution is -2.53. The Hall–Kier alpha value is -1.09. The van der Waals surface area contributed by atoms with E-state index in [1.54, 1.807) is 19.1 Å². The number of alkyl halides is 1. The lowest BCUT2D eigenvalue weighted by Gasteiger charge is -2.38. The van der Waals surface area contributed by atoms with Crippen molar-refractivity contribution in [2.75, 3.05) is 6.54 Å². The maximum Gasteiger partial charge on any atom is 0.148 e. The number of phenols is 1. The van der Waals surface area contributed by atoms with Gasteiger partial charge in [0.15, 0.2) is 0 Å². The number of aromatic hydroxyl groups is 1. The standard InChI is InChI=1S/C11H14FNO/c1-11(12,10-6-7-13-10)8-2-4-9(14)5-3-8/h2-5,10,13-14H,6-7H2,1H3. The summed E-state index contributed by atoms with van der Waals surface area (Å²) in [6.45, 7) is 2.47. The van der Waals surface area contributed by atoms with Crippen LogP contribution in [-0.2, 0) is 5.67 Å². The first-order valence-electron chi connectivity index (χ1n) is 4.82. The van der Waals surface area contributed by atoms with Crippen molar-refractivity contribution in [3.63, 3.8) is 0 Å². The van der Waals surface area contributed by atoms with Crippen molar-refractivity contribution in [3.8, 4) is 5.75 Å². The van der Waals surface area contributed by atoms with E-state index in [0.717, 1.165) is 13.0 Å². The minimum absolute atomic E-state index is 0.0907. The second-order valence-electron chi connectivity index (χ2n) is 3.92. The lowest BCUT2D eigenvalue weighted by atomic mass is 9.84. The maximum atomic E-state index is 14.3. The minimum atomic E-state index is -1.34. The van der Waals surface area contributed by atoms with E-state index in [-0.39, 0.29) is 11.8 Å². The highest BCUT2D eigenvalue weighted by atomic mass is 19.1. The van der Waals surface area contributed by atoms with Gasteiger partial charge in [0, 0.05) is 6.04 Å². The Kier molecular flexibility index (Phi) is 2.19. The molecule has 0 spiro atoms. The molecular weight excluding hydrogens is 181 g/mol.